The van der Waals surface area contributed by atoms with Gasteiger partial charge in [0.15, 0.2) is 0 Å². The monoisotopic (exact) mass is 258 g/mol. The summed E-state index contributed by atoms with van der Waals surface area (Å²) in [6, 6.07) is 7.04. The fraction of sp³-hybridized carbons (Fsp3) is 0.647. The van der Waals surface area contributed by atoms with Gasteiger partial charge in [0.25, 0.3) is 0 Å². The normalized spacial score (nSPS) is 23.1. The number of nitrogens with zero attached hydrogens (tertiary/aromatic N) is 1. The van der Waals surface area contributed by atoms with Crippen molar-refractivity contribution in [2.24, 2.45) is 0 Å². The van der Waals surface area contributed by atoms with E-state index in [4.69, 9.17) is 0 Å². The van der Waals surface area contributed by atoms with Gasteiger partial charge in [-0.3, -0.25) is 4.90 Å². The highest BCUT2D eigenvalue weighted by molar-refractivity contribution is 5.38. The van der Waals surface area contributed by atoms with Crippen molar-refractivity contribution in [1.29, 1.82) is 0 Å². The van der Waals surface area contributed by atoms with E-state index in [1.165, 1.54) is 50.0 Å². The lowest BCUT2D eigenvalue weighted by Crippen LogP contribution is -2.52. The summed E-state index contributed by atoms with van der Waals surface area (Å²) in [5.74, 6) is 0. The van der Waals surface area contributed by atoms with Crippen LogP contribution in [0.1, 0.15) is 36.0 Å². The van der Waals surface area contributed by atoms with Gasteiger partial charge >= 0.3 is 0 Å². The number of aryl methyl sites for hydroxylation is 2. The Balaban J connectivity index is 1.81. The lowest BCUT2D eigenvalue weighted by Gasteiger charge is -2.47. The highest BCUT2D eigenvalue weighted by atomic mass is 15.2. The first-order valence-corrected chi connectivity index (χ1v) is 7.70. The van der Waals surface area contributed by atoms with Crippen LogP contribution in [0.4, 0.5) is 0 Å². The number of hydrogen-bond acceptors (Lipinski definition) is 2. The molecule has 0 unspecified atom stereocenters. The van der Waals surface area contributed by atoms with Crippen molar-refractivity contribution in [3.05, 3.63) is 34.9 Å². The van der Waals surface area contributed by atoms with Crippen LogP contribution in [0.25, 0.3) is 0 Å². The van der Waals surface area contributed by atoms with Crippen LogP contribution in [0.2, 0.25) is 0 Å². The predicted octanol–water partition coefficient (Wildman–Crippen LogP) is 2.63. The first-order valence-electron chi connectivity index (χ1n) is 7.70. The van der Waals surface area contributed by atoms with E-state index in [0.717, 1.165) is 13.1 Å². The molecule has 1 heterocycles. The van der Waals surface area contributed by atoms with Gasteiger partial charge in [-0.05, 0) is 37.8 Å². The fourth-order valence-corrected chi connectivity index (χ4v) is 3.82. The van der Waals surface area contributed by atoms with Crippen LogP contribution in [0.15, 0.2) is 18.2 Å². The van der Waals surface area contributed by atoms with Gasteiger partial charge < -0.3 is 5.32 Å². The standard InChI is InChI=1S/C17H26N2/c1-14-4-5-16(15(2)12-14)17(6-3-7-17)13-19-10-8-18-9-11-19/h4-5,12,18H,3,6-11,13H2,1-2H3. The molecule has 0 spiro atoms. The molecule has 1 aliphatic heterocycles. The largest absolute Gasteiger partial charge is 0.314 e. The zero-order valence-electron chi connectivity index (χ0n) is 12.3. The molecule has 2 heteroatoms. The minimum Gasteiger partial charge on any atom is -0.314 e. The van der Waals surface area contributed by atoms with E-state index in [-0.39, 0.29) is 0 Å². The van der Waals surface area contributed by atoms with Crippen LogP contribution >= 0.6 is 0 Å². The molecule has 0 radical (unpaired) electrons. The molecule has 1 N–H and O–H groups in total. The third-order valence-electron chi connectivity index (χ3n) is 5.00. The summed E-state index contributed by atoms with van der Waals surface area (Å²) in [5, 5.41) is 3.45. The van der Waals surface area contributed by atoms with Crippen molar-refractivity contribution in [3.8, 4) is 0 Å². The maximum atomic E-state index is 3.45. The topological polar surface area (TPSA) is 15.3 Å². The SMILES string of the molecule is Cc1ccc(C2(CN3CCNCC3)CCC2)c(C)c1. The molecule has 0 amide bonds. The summed E-state index contributed by atoms with van der Waals surface area (Å²) >= 11 is 0. The lowest BCUT2D eigenvalue weighted by molar-refractivity contribution is 0.128. The van der Waals surface area contributed by atoms with E-state index in [0.29, 0.717) is 5.41 Å². The first-order chi connectivity index (χ1) is 9.20. The van der Waals surface area contributed by atoms with Crippen molar-refractivity contribution < 1.29 is 0 Å². The van der Waals surface area contributed by atoms with Gasteiger partial charge in [-0.25, -0.2) is 0 Å². The first kappa shape index (κ1) is 13.1. The molecule has 2 nitrogen and oxygen atoms in total. The average Bonchev–Trinajstić information content (AvgIpc) is 2.36. The third-order valence-corrected chi connectivity index (χ3v) is 5.00. The van der Waals surface area contributed by atoms with Crippen LogP contribution in [0.3, 0.4) is 0 Å². The van der Waals surface area contributed by atoms with Crippen LogP contribution in [-0.2, 0) is 5.41 Å². The van der Waals surface area contributed by atoms with E-state index < -0.39 is 0 Å². The van der Waals surface area contributed by atoms with Gasteiger partial charge in [0, 0.05) is 38.1 Å². The quantitative estimate of drug-likeness (QED) is 0.896. The average molecular weight is 258 g/mol. The molecule has 2 fully saturated rings. The van der Waals surface area contributed by atoms with E-state index in [1.54, 1.807) is 5.56 Å². The zero-order chi connectivity index (χ0) is 13.3. The molecule has 2 aliphatic rings. The van der Waals surface area contributed by atoms with Crippen molar-refractivity contribution in [3.63, 3.8) is 0 Å². The highest BCUT2D eigenvalue weighted by Gasteiger charge is 2.40. The highest BCUT2D eigenvalue weighted by Crippen LogP contribution is 2.45. The smallest absolute Gasteiger partial charge is 0.0108 e. The molecular weight excluding hydrogens is 232 g/mol. The maximum Gasteiger partial charge on any atom is 0.0108 e. The van der Waals surface area contributed by atoms with Crippen LogP contribution < -0.4 is 5.32 Å². The zero-order valence-corrected chi connectivity index (χ0v) is 12.3. The molecule has 0 bridgehead atoms. The molecule has 1 saturated heterocycles. The maximum absolute atomic E-state index is 3.45. The van der Waals surface area contributed by atoms with Crippen molar-refractivity contribution in [2.45, 2.75) is 38.5 Å². The summed E-state index contributed by atoms with van der Waals surface area (Å²) in [6.45, 7) is 10.5. The molecule has 1 aromatic carbocycles. The second-order valence-electron chi connectivity index (χ2n) is 6.48. The van der Waals surface area contributed by atoms with Crippen LogP contribution in [0, 0.1) is 13.8 Å². The Morgan fingerprint density at radius 1 is 1.16 bits per heavy atom. The molecular formula is C17H26N2. The van der Waals surface area contributed by atoms with Gasteiger partial charge in [-0.2, -0.15) is 0 Å². The van der Waals surface area contributed by atoms with Crippen LogP contribution in [-0.4, -0.2) is 37.6 Å². The Morgan fingerprint density at radius 3 is 2.47 bits per heavy atom. The molecule has 1 aliphatic carbocycles. The second kappa shape index (κ2) is 5.26. The van der Waals surface area contributed by atoms with Gasteiger partial charge in [0.2, 0.25) is 0 Å². The molecule has 3 rings (SSSR count). The molecule has 104 valence electrons. The third kappa shape index (κ3) is 2.56. The van der Waals surface area contributed by atoms with E-state index in [2.05, 4.69) is 42.3 Å². The predicted molar refractivity (Wildman–Crippen MR) is 80.8 cm³/mol. The summed E-state index contributed by atoms with van der Waals surface area (Å²) < 4.78 is 0. The lowest BCUT2D eigenvalue weighted by atomic mass is 9.63. The Morgan fingerprint density at radius 2 is 1.89 bits per heavy atom. The minimum atomic E-state index is 0.453. The fourth-order valence-electron chi connectivity index (χ4n) is 3.82. The Hall–Kier alpha value is -0.860. The minimum absolute atomic E-state index is 0.453. The number of hydrogen-bond donors (Lipinski definition) is 1. The number of piperazine rings is 1. The number of nitrogens with one attached hydrogen (secondary N) is 1. The Bertz CT molecular complexity index is 443. The van der Waals surface area contributed by atoms with Crippen molar-refractivity contribution in [2.75, 3.05) is 32.7 Å². The molecule has 1 aromatic rings. The van der Waals surface area contributed by atoms with Crippen molar-refractivity contribution >= 4 is 0 Å². The Labute approximate surface area is 117 Å². The molecule has 0 aromatic heterocycles. The van der Waals surface area contributed by atoms with E-state index >= 15 is 0 Å². The second-order valence-corrected chi connectivity index (χ2v) is 6.48. The molecule has 19 heavy (non-hydrogen) atoms. The number of rotatable bonds is 3. The summed E-state index contributed by atoms with van der Waals surface area (Å²) in [5.41, 5.74) is 4.95. The van der Waals surface area contributed by atoms with Gasteiger partial charge in [0.1, 0.15) is 0 Å². The molecule has 0 atom stereocenters. The van der Waals surface area contributed by atoms with Gasteiger partial charge in [0.05, 0.1) is 0 Å². The van der Waals surface area contributed by atoms with Gasteiger partial charge in [-0.1, -0.05) is 30.2 Å². The molecule has 1 saturated carbocycles. The Kier molecular flexibility index (Phi) is 3.64. The van der Waals surface area contributed by atoms with Crippen LogP contribution in [0.5, 0.6) is 0 Å². The summed E-state index contributed by atoms with van der Waals surface area (Å²) in [6.07, 6.45) is 4.15. The number of benzene rings is 1. The van der Waals surface area contributed by atoms with Gasteiger partial charge in [-0.15, -0.1) is 0 Å². The summed E-state index contributed by atoms with van der Waals surface area (Å²) in [4.78, 5) is 2.66. The van der Waals surface area contributed by atoms with Crippen molar-refractivity contribution in [1.82, 2.24) is 10.2 Å². The van der Waals surface area contributed by atoms with E-state index in [1.807, 2.05) is 0 Å². The van der Waals surface area contributed by atoms with E-state index in [9.17, 15) is 0 Å². The summed E-state index contributed by atoms with van der Waals surface area (Å²) in [7, 11) is 0.